The van der Waals surface area contributed by atoms with Crippen molar-refractivity contribution >= 4 is 28.8 Å². The van der Waals surface area contributed by atoms with Crippen molar-refractivity contribution < 1.29 is 14.3 Å². The fraction of sp³-hybridized carbons (Fsp3) is 0.400. The van der Waals surface area contributed by atoms with Crippen molar-refractivity contribution in [1.82, 2.24) is 4.98 Å². The third-order valence-electron chi connectivity index (χ3n) is 4.77. The molecule has 2 N–H and O–H groups in total. The summed E-state index contributed by atoms with van der Waals surface area (Å²) in [5.74, 6) is 0.624. The van der Waals surface area contributed by atoms with Gasteiger partial charge in [0.25, 0.3) is 5.91 Å². The number of carbonyl (C=O) groups is 1. The predicted octanol–water partition coefficient (Wildman–Crippen LogP) is 2.78. The lowest BCUT2D eigenvalue weighted by Crippen LogP contribution is -2.36. The van der Waals surface area contributed by atoms with Crippen LogP contribution in [0.25, 0.3) is 0 Å². The molecule has 7 nitrogen and oxygen atoms in total. The minimum atomic E-state index is -0.344. The highest BCUT2D eigenvalue weighted by Gasteiger charge is 2.23. The van der Waals surface area contributed by atoms with E-state index in [2.05, 4.69) is 26.6 Å². The van der Waals surface area contributed by atoms with Crippen LogP contribution in [-0.4, -0.2) is 49.9 Å². The van der Waals surface area contributed by atoms with Crippen molar-refractivity contribution in [3.63, 3.8) is 0 Å². The molecular weight excluding hydrogens is 344 g/mol. The van der Waals surface area contributed by atoms with E-state index in [1.54, 1.807) is 6.20 Å². The molecule has 2 saturated heterocycles. The van der Waals surface area contributed by atoms with E-state index < -0.39 is 0 Å². The zero-order chi connectivity index (χ0) is 18.5. The Hall–Kier alpha value is -2.64. The monoisotopic (exact) mass is 368 g/mol. The minimum absolute atomic E-state index is 0.104. The lowest BCUT2D eigenvalue weighted by atomic mass is 10.2. The molecule has 0 bridgehead atoms. The number of ether oxygens (including phenoxy) is 2. The molecule has 0 radical (unpaired) electrons. The van der Waals surface area contributed by atoms with Crippen LogP contribution in [0.5, 0.6) is 0 Å². The molecule has 3 heterocycles. The Labute approximate surface area is 158 Å². The molecule has 0 aliphatic carbocycles. The summed E-state index contributed by atoms with van der Waals surface area (Å²) < 4.78 is 10.8. The van der Waals surface area contributed by atoms with Gasteiger partial charge in [0.05, 0.1) is 36.5 Å². The Morgan fingerprint density at radius 1 is 1.11 bits per heavy atom. The van der Waals surface area contributed by atoms with Crippen molar-refractivity contribution in [3.05, 3.63) is 42.6 Å². The van der Waals surface area contributed by atoms with E-state index >= 15 is 0 Å². The van der Waals surface area contributed by atoms with Crippen LogP contribution in [0.3, 0.4) is 0 Å². The molecular formula is C20H24N4O3. The van der Waals surface area contributed by atoms with Crippen LogP contribution in [0.2, 0.25) is 0 Å². The molecule has 0 saturated carbocycles. The first-order valence-corrected chi connectivity index (χ1v) is 9.37. The molecule has 2 fully saturated rings. The number of hydrogen-bond donors (Lipinski definition) is 2. The first-order chi connectivity index (χ1) is 13.3. The number of para-hydroxylation sites is 2. The number of carbonyl (C=O) groups excluding carboxylic acids is 1. The number of rotatable bonds is 5. The lowest BCUT2D eigenvalue weighted by molar-refractivity contribution is -0.124. The Kier molecular flexibility index (Phi) is 5.50. The normalized spacial score (nSPS) is 19.7. The Morgan fingerprint density at radius 3 is 2.70 bits per heavy atom. The van der Waals surface area contributed by atoms with Crippen LogP contribution >= 0.6 is 0 Å². The molecule has 1 atom stereocenters. The highest BCUT2D eigenvalue weighted by molar-refractivity contribution is 5.94. The van der Waals surface area contributed by atoms with Crippen LogP contribution in [-0.2, 0) is 14.3 Å². The Bertz CT molecular complexity index is 769. The van der Waals surface area contributed by atoms with Crippen molar-refractivity contribution in [2.75, 3.05) is 48.4 Å². The van der Waals surface area contributed by atoms with E-state index in [9.17, 15) is 4.79 Å². The molecule has 27 heavy (non-hydrogen) atoms. The highest BCUT2D eigenvalue weighted by atomic mass is 16.5. The van der Waals surface area contributed by atoms with Gasteiger partial charge in [-0.25, -0.2) is 4.98 Å². The maximum Gasteiger partial charge on any atom is 0.253 e. The van der Waals surface area contributed by atoms with Crippen LogP contribution in [0.15, 0.2) is 42.6 Å². The summed E-state index contributed by atoms with van der Waals surface area (Å²) in [4.78, 5) is 18.9. The van der Waals surface area contributed by atoms with E-state index in [4.69, 9.17) is 9.47 Å². The first kappa shape index (κ1) is 17.8. The SMILES string of the molecule is O=C(Nc1ccc(Nc2ccccc2N2CCOCC2)nc1)C1CCCO1. The average molecular weight is 368 g/mol. The van der Waals surface area contributed by atoms with E-state index in [1.807, 2.05) is 30.3 Å². The van der Waals surface area contributed by atoms with Crippen LogP contribution < -0.4 is 15.5 Å². The van der Waals surface area contributed by atoms with Gasteiger partial charge in [-0.1, -0.05) is 12.1 Å². The number of anilines is 4. The smallest absolute Gasteiger partial charge is 0.253 e. The van der Waals surface area contributed by atoms with Gasteiger partial charge in [0.15, 0.2) is 0 Å². The van der Waals surface area contributed by atoms with E-state index in [0.717, 1.165) is 56.3 Å². The van der Waals surface area contributed by atoms with Gasteiger partial charge in [0, 0.05) is 19.7 Å². The topological polar surface area (TPSA) is 75.7 Å². The number of hydrogen-bond acceptors (Lipinski definition) is 6. The van der Waals surface area contributed by atoms with Gasteiger partial charge in [0.2, 0.25) is 0 Å². The van der Waals surface area contributed by atoms with Crippen molar-refractivity contribution in [1.29, 1.82) is 0 Å². The second-order valence-electron chi connectivity index (χ2n) is 6.66. The van der Waals surface area contributed by atoms with Gasteiger partial charge < -0.3 is 25.0 Å². The lowest BCUT2D eigenvalue weighted by Gasteiger charge is -2.30. The maximum absolute atomic E-state index is 12.1. The third kappa shape index (κ3) is 4.37. The molecule has 2 aliphatic heterocycles. The number of pyridine rings is 1. The zero-order valence-corrected chi connectivity index (χ0v) is 15.2. The van der Waals surface area contributed by atoms with Gasteiger partial charge in [-0.15, -0.1) is 0 Å². The van der Waals surface area contributed by atoms with Crippen molar-refractivity contribution in [2.24, 2.45) is 0 Å². The summed E-state index contributed by atoms with van der Waals surface area (Å²) in [6.45, 7) is 3.89. The zero-order valence-electron chi connectivity index (χ0n) is 15.2. The number of benzene rings is 1. The number of amides is 1. The van der Waals surface area contributed by atoms with Gasteiger partial charge in [-0.05, 0) is 37.1 Å². The third-order valence-corrected chi connectivity index (χ3v) is 4.77. The second kappa shape index (κ2) is 8.37. The number of aromatic nitrogens is 1. The molecule has 2 aliphatic rings. The van der Waals surface area contributed by atoms with Crippen LogP contribution in [0, 0.1) is 0 Å². The number of nitrogens with zero attached hydrogens (tertiary/aromatic N) is 2. The van der Waals surface area contributed by atoms with Gasteiger partial charge in [-0.2, -0.15) is 0 Å². The largest absolute Gasteiger partial charge is 0.378 e. The number of nitrogens with one attached hydrogen (secondary N) is 2. The summed E-state index contributed by atoms with van der Waals surface area (Å²) in [7, 11) is 0. The number of morpholine rings is 1. The quantitative estimate of drug-likeness (QED) is 0.845. The van der Waals surface area contributed by atoms with Crippen LogP contribution in [0.1, 0.15) is 12.8 Å². The first-order valence-electron chi connectivity index (χ1n) is 9.37. The summed E-state index contributed by atoms with van der Waals surface area (Å²) in [5, 5.41) is 6.24. The Morgan fingerprint density at radius 2 is 1.96 bits per heavy atom. The summed E-state index contributed by atoms with van der Waals surface area (Å²) >= 11 is 0. The fourth-order valence-electron chi connectivity index (χ4n) is 3.35. The van der Waals surface area contributed by atoms with E-state index in [-0.39, 0.29) is 12.0 Å². The minimum Gasteiger partial charge on any atom is -0.378 e. The maximum atomic E-state index is 12.1. The molecule has 7 heteroatoms. The summed E-state index contributed by atoms with van der Waals surface area (Å²) in [5.41, 5.74) is 2.81. The van der Waals surface area contributed by atoms with E-state index in [1.165, 1.54) is 0 Å². The van der Waals surface area contributed by atoms with E-state index in [0.29, 0.717) is 12.3 Å². The van der Waals surface area contributed by atoms with Gasteiger partial charge in [-0.3, -0.25) is 4.79 Å². The van der Waals surface area contributed by atoms with Crippen molar-refractivity contribution in [3.8, 4) is 0 Å². The standard InChI is InChI=1S/C20H24N4O3/c25-20(18-6-3-11-27-18)22-15-7-8-19(21-14-15)23-16-4-1-2-5-17(16)24-9-12-26-13-10-24/h1-2,4-5,7-8,14,18H,3,6,9-13H2,(H,21,23)(H,22,25). The molecule has 142 valence electrons. The fourth-order valence-corrected chi connectivity index (χ4v) is 3.35. The summed E-state index contributed by atoms with van der Waals surface area (Å²) in [6, 6.07) is 11.9. The van der Waals surface area contributed by atoms with Crippen molar-refractivity contribution in [2.45, 2.75) is 18.9 Å². The summed E-state index contributed by atoms with van der Waals surface area (Å²) in [6.07, 6.45) is 3.02. The molecule has 1 aromatic heterocycles. The van der Waals surface area contributed by atoms with Crippen LogP contribution in [0.4, 0.5) is 22.9 Å². The highest BCUT2D eigenvalue weighted by Crippen LogP contribution is 2.29. The molecule has 1 amide bonds. The predicted molar refractivity (Wildman–Crippen MR) is 105 cm³/mol. The molecule has 4 rings (SSSR count). The molecule has 2 aromatic rings. The van der Waals surface area contributed by atoms with Gasteiger partial charge in [0.1, 0.15) is 11.9 Å². The molecule has 0 spiro atoms. The second-order valence-corrected chi connectivity index (χ2v) is 6.66. The average Bonchev–Trinajstić information content (AvgIpc) is 3.26. The molecule has 1 aromatic carbocycles. The molecule has 1 unspecified atom stereocenters. The van der Waals surface area contributed by atoms with Gasteiger partial charge >= 0.3 is 0 Å². The Balaban J connectivity index is 1.42.